The minimum atomic E-state index is -1.37. The van der Waals surface area contributed by atoms with E-state index in [0.29, 0.717) is 5.75 Å². The lowest BCUT2D eigenvalue weighted by Gasteiger charge is -2.23. The van der Waals surface area contributed by atoms with Crippen molar-refractivity contribution < 1.29 is 19.4 Å². The standard InChI is InChI=1S/C12H14O4/c1-4-12(2,3)16-10-8-6-5-7-9(10)15-11(13)14/h4-8H,1H2,2-3H3,(H,13,14). The zero-order valence-corrected chi connectivity index (χ0v) is 9.27. The summed E-state index contributed by atoms with van der Waals surface area (Å²) in [6.45, 7) is 7.27. The third kappa shape index (κ3) is 3.31. The van der Waals surface area contributed by atoms with E-state index >= 15 is 0 Å². The largest absolute Gasteiger partial charge is 0.511 e. The van der Waals surface area contributed by atoms with Crippen molar-refractivity contribution in [2.45, 2.75) is 19.4 Å². The average molecular weight is 222 g/mol. The average Bonchev–Trinajstić information content (AvgIpc) is 2.20. The highest BCUT2D eigenvalue weighted by molar-refractivity contribution is 5.63. The van der Waals surface area contributed by atoms with Crippen molar-refractivity contribution in [3.8, 4) is 11.5 Å². The Labute approximate surface area is 94.1 Å². The topological polar surface area (TPSA) is 55.8 Å². The molecule has 0 heterocycles. The van der Waals surface area contributed by atoms with Crippen molar-refractivity contribution in [1.82, 2.24) is 0 Å². The maximum absolute atomic E-state index is 10.5. The van der Waals surface area contributed by atoms with Gasteiger partial charge in [0.2, 0.25) is 0 Å². The summed E-state index contributed by atoms with van der Waals surface area (Å²) in [5.74, 6) is 0.541. The first-order chi connectivity index (χ1) is 7.44. The number of carboxylic acid groups (broad SMARTS) is 1. The third-order valence-corrected chi connectivity index (χ3v) is 1.91. The first-order valence-corrected chi connectivity index (χ1v) is 4.77. The second-order valence-electron chi connectivity index (χ2n) is 3.72. The molecule has 4 heteroatoms. The van der Waals surface area contributed by atoms with Crippen LogP contribution in [-0.2, 0) is 0 Å². The second-order valence-corrected chi connectivity index (χ2v) is 3.72. The van der Waals surface area contributed by atoms with Gasteiger partial charge < -0.3 is 14.6 Å². The molecule has 1 aromatic rings. The quantitative estimate of drug-likeness (QED) is 0.483. The number of hydrogen-bond acceptors (Lipinski definition) is 3. The summed E-state index contributed by atoms with van der Waals surface area (Å²) in [5, 5.41) is 8.55. The monoisotopic (exact) mass is 222 g/mol. The summed E-state index contributed by atoms with van der Waals surface area (Å²) in [4.78, 5) is 10.5. The molecule has 1 aromatic carbocycles. The van der Waals surface area contributed by atoms with Crippen LogP contribution >= 0.6 is 0 Å². The molecule has 0 aliphatic rings. The van der Waals surface area contributed by atoms with Gasteiger partial charge in [-0.2, -0.15) is 0 Å². The normalized spacial score (nSPS) is 10.6. The van der Waals surface area contributed by atoms with Gasteiger partial charge in [0.05, 0.1) is 0 Å². The van der Waals surface area contributed by atoms with Gasteiger partial charge in [0.25, 0.3) is 0 Å². The Morgan fingerprint density at radius 3 is 2.44 bits per heavy atom. The van der Waals surface area contributed by atoms with Gasteiger partial charge in [-0.25, -0.2) is 4.79 Å². The van der Waals surface area contributed by atoms with Gasteiger partial charge in [0.1, 0.15) is 5.60 Å². The van der Waals surface area contributed by atoms with Crippen molar-refractivity contribution in [2.75, 3.05) is 0 Å². The molecule has 0 spiro atoms. The summed E-state index contributed by atoms with van der Waals surface area (Å²) < 4.78 is 10.2. The van der Waals surface area contributed by atoms with Gasteiger partial charge in [-0.3, -0.25) is 0 Å². The molecule has 4 nitrogen and oxygen atoms in total. The molecule has 16 heavy (non-hydrogen) atoms. The van der Waals surface area contributed by atoms with Crippen molar-refractivity contribution in [3.05, 3.63) is 36.9 Å². The van der Waals surface area contributed by atoms with Gasteiger partial charge in [0.15, 0.2) is 11.5 Å². The number of carbonyl (C=O) groups is 1. The van der Waals surface area contributed by atoms with Crippen LogP contribution in [0.4, 0.5) is 4.79 Å². The van der Waals surface area contributed by atoms with Crippen molar-refractivity contribution in [1.29, 1.82) is 0 Å². The summed E-state index contributed by atoms with van der Waals surface area (Å²) in [6, 6.07) is 6.58. The number of para-hydroxylation sites is 2. The van der Waals surface area contributed by atoms with Gasteiger partial charge >= 0.3 is 6.16 Å². The molecule has 1 N–H and O–H groups in total. The van der Waals surface area contributed by atoms with E-state index < -0.39 is 11.8 Å². The van der Waals surface area contributed by atoms with E-state index in [0.717, 1.165) is 0 Å². The molecule has 0 amide bonds. The molecule has 86 valence electrons. The Kier molecular flexibility index (Phi) is 3.55. The number of ether oxygens (including phenoxy) is 2. The smallest absolute Gasteiger partial charge is 0.480 e. The van der Waals surface area contributed by atoms with Crippen molar-refractivity contribution in [3.63, 3.8) is 0 Å². The maximum Gasteiger partial charge on any atom is 0.511 e. The Morgan fingerprint density at radius 1 is 1.38 bits per heavy atom. The molecular weight excluding hydrogens is 208 g/mol. The molecule has 0 aromatic heterocycles. The maximum atomic E-state index is 10.5. The highest BCUT2D eigenvalue weighted by Gasteiger charge is 2.18. The van der Waals surface area contributed by atoms with Crippen LogP contribution in [-0.4, -0.2) is 16.9 Å². The number of hydrogen-bond donors (Lipinski definition) is 1. The lowest BCUT2D eigenvalue weighted by molar-refractivity contribution is 0.131. The van der Waals surface area contributed by atoms with Crippen LogP contribution < -0.4 is 9.47 Å². The Bertz CT molecular complexity index is 396. The summed E-state index contributed by atoms with van der Waals surface area (Å²) in [5.41, 5.74) is -0.585. The van der Waals surface area contributed by atoms with Crippen LogP contribution in [0.15, 0.2) is 36.9 Å². The van der Waals surface area contributed by atoms with E-state index in [2.05, 4.69) is 11.3 Å². The predicted octanol–water partition coefficient (Wildman–Crippen LogP) is 3.09. The van der Waals surface area contributed by atoms with Crippen molar-refractivity contribution in [2.24, 2.45) is 0 Å². The van der Waals surface area contributed by atoms with E-state index in [9.17, 15) is 4.79 Å². The fraction of sp³-hybridized carbons (Fsp3) is 0.250. The van der Waals surface area contributed by atoms with Crippen molar-refractivity contribution >= 4 is 6.16 Å². The van der Waals surface area contributed by atoms with Crippen LogP contribution in [0.2, 0.25) is 0 Å². The molecule has 1 rings (SSSR count). The minimum Gasteiger partial charge on any atom is -0.480 e. The fourth-order valence-electron chi connectivity index (χ4n) is 1.04. The van der Waals surface area contributed by atoms with Crippen LogP contribution in [0.25, 0.3) is 0 Å². The molecule has 0 fully saturated rings. The van der Waals surface area contributed by atoms with E-state index in [1.165, 1.54) is 6.07 Å². The molecular formula is C12H14O4. The first kappa shape index (κ1) is 12.1. The highest BCUT2D eigenvalue weighted by Crippen LogP contribution is 2.30. The van der Waals surface area contributed by atoms with E-state index in [4.69, 9.17) is 9.84 Å². The molecule has 0 saturated heterocycles. The Hall–Kier alpha value is -1.97. The molecule has 0 aliphatic carbocycles. The molecule has 0 aliphatic heterocycles. The van der Waals surface area contributed by atoms with Crippen LogP contribution in [0.1, 0.15) is 13.8 Å². The van der Waals surface area contributed by atoms with Crippen LogP contribution in [0.3, 0.4) is 0 Å². The number of rotatable bonds is 4. The molecule has 0 radical (unpaired) electrons. The lowest BCUT2D eigenvalue weighted by atomic mass is 10.1. The summed E-state index contributed by atoms with van der Waals surface area (Å²) in [6.07, 6.45) is 0.261. The lowest BCUT2D eigenvalue weighted by Crippen LogP contribution is -2.25. The molecule has 0 unspecified atom stereocenters. The van der Waals surface area contributed by atoms with Crippen LogP contribution in [0, 0.1) is 0 Å². The van der Waals surface area contributed by atoms with Crippen LogP contribution in [0.5, 0.6) is 11.5 Å². The Balaban J connectivity index is 2.95. The number of benzene rings is 1. The summed E-state index contributed by atoms with van der Waals surface area (Å²) in [7, 11) is 0. The second kappa shape index (κ2) is 4.70. The highest BCUT2D eigenvalue weighted by atomic mass is 16.7. The summed E-state index contributed by atoms with van der Waals surface area (Å²) >= 11 is 0. The molecule has 0 atom stereocenters. The van der Waals surface area contributed by atoms with E-state index in [1.54, 1.807) is 24.3 Å². The fourth-order valence-corrected chi connectivity index (χ4v) is 1.04. The molecule has 0 bridgehead atoms. The van der Waals surface area contributed by atoms with Gasteiger partial charge in [-0.1, -0.05) is 18.7 Å². The van der Waals surface area contributed by atoms with E-state index in [-0.39, 0.29) is 5.75 Å². The SMILES string of the molecule is C=CC(C)(C)Oc1ccccc1OC(=O)O. The third-order valence-electron chi connectivity index (χ3n) is 1.91. The molecule has 0 saturated carbocycles. The van der Waals surface area contributed by atoms with Gasteiger partial charge in [-0.15, -0.1) is 0 Å². The van der Waals surface area contributed by atoms with E-state index in [1.807, 2.05) is 13.8 Å². The predicted molar refractivity (Wildman–Crippen MR) is 60.0 cm³/mol. The zero-order chi connectivity index (χ0) is 12.2. The first-order valence-electron chi connectivity index (χ1n) is 4.77. The van der Waals surface area contributed by atoms with Gasteiger partial charge in [-0.05, 0) is 32.1 Å². The van der Waals surface area contributed by atoms with Gasteiger partial charge in [0, 0.05) is 0 Å². The minimum absolute atomic E-state index is 0.171. The Morgan fingerprint density at radius 2 is 1.94 bits per heavy atom. The zero-order valence-electron chi connectivity index (χ0n) is 9.27.